The Bertz CT molecular complexity index is 469. The first-order valence-corrected chi connectivity index (χ1v) is 10.3. The maximum absolute atomic E-state index is 11.5. The summed E-state index contributed by atoms with van der Waals surface area (Å²) in [6.45, 7) is 2.22. The molecule has 0 radical (unpaired) electrons. The highest BCUT2D eigenvalue weighted by molar-refractivity contribution is 9.14. The molecule has 0 aliphatic heterocycles. The van der Waals surface area contributed by atoms with Crippen molar-refractivity contribution in [3.63, 3.8) is 0 Å². The summed E-state index contributed by atoms with van der Waals surface area (Å²) >= 11 is 6.02. The smallest absolute Gasteiger partial charge is 0.345 e. The molecule has 0 rings (SSSR count). The highest BCUT2D eigenvalue weighted by Gasteiger charge is 2.10. The zero-order valence-corrected chi connectivity index (χ0v) is 17.7. The fourth-order valence-corrected chi connectivity index (χ4v) is 2.81. The Morgan fingerprint density at radius 2 is 1.30 bits per heavy atom. The quantitative estimate of drug-likeness (QED) is 0.143. The molecule has 4 heteroatoms. The van der Waals surface area contributed by atoms with E-state index >= 15 is 0 Å². The second-order valence-electron chi connectivity index (χ2n) is 5.71. The Hall–Kier alpha value is 0.170. The summed E-state index contributed by atoms with van der Waals surface area (Å²) in [7, 11) is 1.19. The van der Waals surface area contributed by atoms with E-state index in [0.29, 0.717) is 6.42 Å². The van der Waals surface area contributed by atoms with Gasteiger partial charge in [0, 0.05) is 9.97 Å². The fraction of sp³-hybridized carbons (Fsp3) is 0.842. The van der Waals surface area contributed by atoms with Gasteiger partial charge >= 0.3 is 5.97 Å². The molecule has 0 aliphatic rings. The monoisotopic (exact) mass is 456 g/mol. The predicted molar refractivity (Wildman–Crippen MR) is 107 cm³/mol. The van der Waals surface area contributed by atoms with Crippen LogP contribution in [-0.2, 0) is 9.53 Å². The molecule has 0 saturated heterocycles. The van der Waals surface area contributed by atoms with Crippen LogP contribution in [0, 0.1) is 0 Å². The number of rotatable bonds is 15. The molecular weight excluding hydrogens is 420 g/mol. The van der Waals surface area contributed by atoms with Crippen LogP contribution < -0.4 is 0 Å². The Morgan fingerprint density at radius 3 is 1.74 bits per heavy atom. The van der Waals surface area contributed by atoms with Crippen LogP contribution in [0.25, 0.3) is 0 Å². The van der Waals surface area contributed by atoms with E-state index < -0.39 is 18.7 Å². The lowest BCUT2D eigenvalue weighted by molar-refractivity contribution is -0.135. The normalized spacial score (nSPS) is 16.0. The van der Waals surface area contributed by atoms with E-state index in [-0.39, 0.29) is 15.4 Å². The van der Waals surface area contributed by atoms with Crippen molar-refractivity contribution in [1.82, 2.24) is 0 Å². The van der Waals surface area contributed by atoms with Gasteiger partial charge in [-0.15, -0.1) is 0 Å². The van der Waals surface area contributed by atoms with Crippen molar-refractivity contribution in [2.75, 3.05) is 7.11 Å². The SMILES string of the molecule is [2H]C([2H])(CCCCCCCCCCCCC)C([2H])([2H])C(Br)=C(Br)C(=O)OC. The molecule has 0 aromatic carbocycles. The van der Waals surface area contributed by atoms with Crippen LogP contribution >= 0.6 is 31.9 Å². The van der Waals surface area contributed by atoms with E-state index in [0.717, 1.165) is 19.3 Å². The zero-order chi connectivity index (χ0) is 20.9. The number of hydrogen-bond donors (Lipinski definition) is 0. The second-order valence-corrected chi connectivity index (χ2v) is 7.29. The molecule has 0 amide bonds. The van der Waals surface area contributed by atoms with Gasteiger partial charge in [0.2, 0.25) is 0 Å². The maximum Gasteiger partial charge on any atom is 0.345 e. The molecule has 0 unspecified atom stereocenters. The Kier molecular flexibility index (Phi) is 12.3. The van der Waals surface area contributed by atoms with Gasteiger partial charge in [-0.05, 0) is 28.7 Å². The molecule has 0 spiro atoms. The van der Waals surface area contributed by atoms with Gasteiger partial charge in [-0.1, -0.05) is 99.9 Å². The van der Waals surface area contributed by atoms with Gasteiger partial charge in [-0.25, -0.2) is 4.79 Å². The molecular formula is C19H34Br2O2. The van der Waals surface area contributed by atoms with E-state index in [1.165, 1.54) is 52.1 Å². The lowest BCUT2D eigenvalue weighted by Crippen LogP contribution is -2.00. The molecule has 0 bridgehead atoms. The first-order valence-electron chi connectivity index (χ1n) is 10.8. The van der Waals surface area contributed by atoms with Gasteiger partial charge in [0.1, 0.15) is 4.48 Å². The molecule has 2 nitrogen and oxygen atoms in total. The van der Waals surface area contributed by atoms with Crippen molar-refractivity contribution >= 4 is 37.8 Å². The number of allylic oxidation sites excluding steroid dienone is 1. The number of halogens is 2. The molecule has 23 heavy (non-hydrogen) atoms. The summed E-state index contributed by atoms with van der Waals surface area (Å²) in [6, 6.07) is 0. The number of methoxy groups -OCH3 is 1. The first-order chi connectivity index (χ1) is 12.6. The largest absolute Gasteiger partial charge is 0.465 e. The van der Waals surface area contributed by atoms with Crippen LogP contribution in [0.4, 0.5) is 0 Å². The van der Waals surface area contributed by atoms with Crippen molar-refractivity contribution in [1.29, 1.82) is 0 Å². The minimum atomic E-state index is -2.32. The van der Waals surface area contributed by atoms with Crippen molar-refractivity contribution in [3.8, 4) is 0 Å². The van der Waals surface area contributed by atoms with Gasteiger partial charge in [0.15, 0.2) is 0 Å². The molecule has 0 N–H and O–H groups in total. The van der Waals surface area contributed by atoms with Crippen molar-refractivity contribution < 1.29 is 15.0 Å². The summed E-state index contributed by atoms with van der Waals surface area (Å²) in [5.41, 5.74) is 0. The third-order valence-corrected chi connectivity index (χ3v) is 5.51. The van der Waals surface area contributed by atoms with E-state index in [2.05, 4.69) is 43.5 Å². The summed E-state index contributed by atoms with van der Waals surface area (Å²) in [6.07, 6.45) is 8.49. The maximum atomic E-state index is 11.5. The summed E-state index contributed by atoms with van der Waals surface area (Å²) in [5.74, 6) is -0.740. The van der Waals surface area contributed by atoms with Gasteiger partial charge in [-0.3, -0.25) is 0 Å². The highest BCUT2D eigenvalue weighted by atomic mass is 79.9. The average Bonchev–Trinajstić information content (AvgIpc) is 2.63. The fourth-order valence-electron chi connectivity index (χ4n) is 2.25. The van der Waals surface area contributed by atoms with E-state index in [1.807, 2.05) is 0 Å². The van der Waals surface area contributed by atoms with Crippen LogP contribution in [0.15, 0.2) is 8.96 Å². The van der Waals surface area contributed by atoms with Crippen LogP contribution in [0.3, 0.4) is 0 Å². The highest BCUT2D eigenvalue weighted by Crippen LogP contribution is 2.25. The van der Waals surface area contributed by atoms with Crippen LogP contribution in [-0.4, -0.2) is 13.1 Å². The number of esters is 1. The average molecular weight is 458 g/mol. The molecule has 0 heterocycles. The summed E-state index contributed by atoms with van der Waals surface area (Å²) in [5, 5.41) is 0. The molecule has 0 aliphatic carbocycles. The van der Waals surface area contributed by atoms with Gasteiger partial charge in [0.25, 0.3) is 0 Å². The molecule has 0 saturated carbocycles. The molecule has 0 fully saturated rings. The summed E-state index contributed by atoms with van der Waals surface area (Å²) < 4.78 is 36.8. The summed E-state index contributed by atoms with van der Waals surface area (Å²) in [4.78, 5) is 11.5. The van der Waals surface area contributed by atoms with E-state index in [1.54, 1.807) is 0 Å². The number of carbonyl (C=O) groups excluding carboxylic acids is 1. The standard InChI is InChI=1S/C19H34Br2O2/c1-3-4-5-6-7-8-9-10-11-12-13-14-15-16-17(20)18(21)19(22)23-2/h3-16H2,1-2H3/i15D2,16D2. The Labute approximate surface area is 165 Å². The molecule has 0 aromatic rings. The first kappa shape index (κ1) is 16.6. The third kappa shape index (κ3) is 14.2. The number of carbonyl (C=O) groups is 1. The van der Waals surface area contributed by atoms with Gasteiger partial charge in [-0.2, -0.15) is 0 Å². The second kappa shape index (κ2) is 17.0. The lowest BCUT2D eigenvalue weighted by Gasteiger charge is -2.04. The van der Waals surface area contributed by atoms with E-state index in [9.17, 15) is 4.79 Å². The molecule has 0 aromatic heterocycles. The Morgan fingerprint density at radius 1 is 0.870 bits per heavy atom. The van der Waals surface area contributed by atoms with Gasteiger partial charge < -0.3 is 4.74 Å². The van der Waals surface area contributed by atoms with E-state index in [4.69, 9.17) is 5.48 Å². The van der Waals surface area contributed by atoms with Crippen LogP contribution in [0.1, 0.15) is 102 Å². The topological polar surface area (TPSA) is 26.3 Å². The third-order valence-electron chi connectivity index (χ3n) is 3.66. The zero-order valence-electron chi connectivity index (χ0n) is 18.6. The van der Waals surface area contributed by atoms with Crippen molar-refractivity contribution in [2.45, 2.75) is 96.7 Å². The minimum Gasteiger partial charge on any atom is -0.465 e. The van der Waals surface area contributed by atoms with Crippen molar-refractivity contribution in [2.24, 2.45) is 0 Å². The van der Waals surface area contributed by atoms with Gasteiger partial charge in [0.05, 0.1) is 7.11 Å². The predicted octanol–water partition coefficient (Wildman–Crippen LogP) is 7.64. The lowest BCUT2D eigenvalue weighted by atomic mass is 10.0. The molecule has 136 valence electrons. The van der Waals surface area contributed by atoms with Crippen LogP contribution in [0.2, 0.25) is 0 Å². The van der Waals surface area contributed by atoms with Crippen molar-refractivity contribution in [3.05, 3.63) is 8.96 Å². The minimum absolute atomic E-state index is 0.105. The Balaban J connectivity index is 4.20. The number of hydrogen-bond acceptors (Lipinski definition) is 2. The number of ether oxygens (including phenoxy) is 1. The number of unbranched alkanes of at least 4 members (excludes halogenated alkanes) is 10. The van der Waals surface area contributed by atoms with Crippen LogP contribution in [0.5, 0.6) is 0 Å². The molecule has 0 atom stereocenters.